The summed E-state index contributed by atoms with van der Waals surface area (Å²) in [6, 6.07) is 10.3. The SMILES string of the molecule is COc1ccc2nc(NC(=O)c3ccc(N)c(N)c3)sc2c1. The van der Waals surface area contributed by atoms with E-state index in [9.17, 15) is 4.79 Å². The fourth-order valence-corrected chi connectivity index (χ4v) is 2.86. The second-order valence-electron chi connectivity index (χ2n) is 4.65. The van der Waals surface area contributed by atoms with Crippen molar-refractivity contribution in [3.05, 3.63) is 42.0 Å². The molecule has 0 aliphatic heterocycles. The van der Waals surface area contributed by atoms with E-state index in [0.29, 0.717) is 22.1 Å². The minimum absolute atomic E-state index is 0.280. The summed E-state index contributed by atoms with van der Waals surface area (Å²) in [5.41, 5.74) is 13.4. The van der Waals surface area contributed by atoms with E-state index in [1.807, 2.05) is 18.2 Å². The van der Waals surface area contributed by atoms with Crippen LogP contribution in [-0.2, 0) is 0 Å². The van der Waals surface area contributed by atoms with Gasteiger partial charge in [0.25, 0.3) is 5.91 Å². The molecule has 0 spiro atoms. The van der Waals surface area contributed by atoms with E-state index in [2.05, 4.69) is 10.3 Å². The van der Waals surface area contributed by atoms with Gasteiger partial charge < -0.3 is 16.2 Å². The Hall–Kier alpha value is -2.80. The van der Waals surface area contributed by atoms with Gasteiger partial charge in [-0.05, 0) is 36.4 Å². The molecule has 22 heavy (non-hydrogen) atoms. The maximum absolute atomic E-state index is 12.2. The number of methoxy groups -OCH3 is 1. The van der Waals surface area contributed by atoms with Crippen molar-refractivity contribution in [1.82, 2.24) is 4.98 Å². The summed E-state index contributed by atoms with van der Waals surface area (Å²) in [6.45, 7) is 0. The van der Waals surface area contributed by atoms with Crippen LogP contribution in [0.5, 0.6) is 5.75 Å². The number of nitrogens with two attached hydrogens (primary N) is 2. The number of ether oxygens (including phenoxy) is 1. The second kappa shape index (κ2) is 5.53. The van der Waals surface area contributed by atoms with Gasteiger partial charge in [-0.25, -0.2) is 4.98 Å². The van der Waals surface area contributed by atoms with Crippen LogP contribution in [0.3, 0.4) is 0 Å². The molecular weight excluding hydrogens is 300 g/mol. The molecule has 0 bridgehead atoms. The number of hydrogen-bond donors (Lipinski definition) is 3. The van der Waals surface area contributed by atoms with Crippen molar-refractivity contribution in [2.45, 2.75) is 0 Å². The highest BCUT2D eigenvalue weighted by Crippen LogP contribution is 2.29. The number of carbonyl (C=O) groups excluding carboxylic acids is 1. The lowest BCUT2D eigenvalue weighted by Crippen LogP contribution is -2.12. The fourth-order valence-electron chi connectivity index (χ4n) is 1.97. The lowest BCUT2D eigenvalue weighted by Gasteiger charge is -2.04. The van der Waals surface area contributed by atoms with Crippen LogP contribution in [0.1, 0.15) is 10.4 Å². The zero-order valence-corrected chi connectivity index (χ0v) is 12.6. The largest absolute Gasteiger partial charge is 0.497 e. The molecule has 2 aromatic carbocycles. The van der Waals surface area contributed by atoms with Crippen LogP contribution in [0.2, 0.25) is 0 Å². The Balaban J connectivity index is 1.85. The number of nitrogens with one attached hydrogen (secondary N) is 1. The van der Waals surface area contributed by atoms with Crippen LogP contribution in [-0.4, -0.2) is 18.0 Å². The van der Waals surface area contributed by atoms with Gasteiger partial charge in [0, 0.05) is 5.56 Å². The van der Waals surface area contributed by atoms with Gasteiger partial charge in [-0.2, -0.15) is 0 Å². The van der Waals surface area contributed by atoms with Gasteiger partial charge in [0.15, 0.2) is 5.13 Å². The Labute approximate surface area is 130 Å². The lowest BCUT2D eigenvalue weighted by molar-refractivity contribution is 0.102. The smallest absolute Gasteiger partial charge is 0.257 e. The number of benzene rings is 2. The van der Waals surface area contributed by atoms with Gasteiger partial charge in [0.1, 0.15) is 5.75 Å². The van der Waals surface area contributed by atoms with E-state index >= 15 is 0 Å². The number of carbonyl (C=O) groups is 1. The zero-order chi connectivity index (χ0) is 15.7. The first-order chi connectivity index (χ1) is 10.6. The van der Waals surface area contributed by atoms with Crippen LogP contribution in [0, 0.1) is 0 Å². The molecule has 0 fully saturated rings. The Bertz CT molecular complexity index is 860. The first-order valence-corrected chi connectivity index (χ1v) is 7.29. The molecule has 0 aliphatic carbocycles. The van der Waals surface area contributed by atoms with E-state index in [1.165, 1.54) is 11.3 Å². The van der Waals surface area contributed by atoms with Crippen molar-refractivity contribution in [2.75, 3.05) is 23.9 Å². The summed E-state index contributed by atoms with van der Waals surface area (Å²) in [7, 11) is 1.61. The molecule has 3 rings (SSSR count). The minimum Gasteiger partial charge on any atom is -0.497 e. The van der Waals surface area contributed by atoms with E-state index in [-0.39, 0.29) is 5.91 Å². The molecule has 0 saturated carbocycles. The number of rotatable bonds is 3. The molecule has 1 aromatic heterocycles. The van der Waals surface area contributed by atoms with Crippen LogP contribution >= 0.6 is 11.3 Å². The van der Waals surface area contributed by atoms with Crippen LogP contribution in [0.25, 0.3) is 10.2 Å². The Morgan fingerprint density at radius 1 is 1.18 bits per heavy atom. The molecule has 1 heterocycles. The highest BCUT2D eigenvalue weighted by Gasteiger charge is 2.11. The number of fused-ring (bicyclic) bond motifs is 1. The first kappa shape index (κ1) is 14.2. The van der Waals surface area contributed by atoms with Crippen molar-refractivity contribution in [1.29, 1.82) is 0 Å². The molecule has 0 radical (unpaired) electrons. The van der Waals surface area contributed by atoms with E-state index in [4.69, 9.17) is 16.2 Å². The maximum Gasteiger partial charge on any atom is 0.257 e. The second-order valence-corrected chi connectivity index (χ2v) is 5.68. The predicted octanol–water partition coefficient (Wildman–Crippen LogP) is 2.72. The number of nitrogen functional groups attached to an aromatic ring is 2. The van der Waals surface area contributed by atoms with Gasteiger partial charge in [0.2, 0.25) is 0 Å². The van der Waals surface area contributed by atoms with Crippen LogP contribution < -0.4 is 21.5 Å². The number of thiazole rings is 1. The van der Waals surface area contributed by atoms with Crippen molar-refractivity contribution < 1.29 is 9.53 Å². The van der Waals surface area contributed by atoms with Crippen molar-refractivity contribution in [3.8, 4) is 5.75 Å². The van der Waals surface area contributed by atoms with Gasteiger partial charge >= 0.3 is 0 Å². The molecule has 0 atom stereocenters. The van der Waals surface area contributed by atoms with Crippen molar-refractivity contribution in [3.63, 3.8) is 0 Å². The highest BCUT2D eigenvalue weighted by atomic mass is 32.1. The minimum atomic E-state index is -0.280. The van der Waals surface area contributed by atoms with E-state index in [0.717, 1.165) is 16.0 Å². The summed E-state index contributed by atoms with van der Waals surface area (Å²) in [4.78, 5) is 16.6. The van der Waals surface area contributed by atoms with Crippen molar-refractivity contribution >= 4 is 44.0 Å². The highest BCUT2D eigenvalue weighted by molar-refractivity contribution is 7.22. The molecule has 1 amide bonds. The van der Waals surface area contributed by atoms with Gasteiger partial charge in [-0.15, -0.1) is 0 Å². The average Bonchev–Trinajstić information content (AvgIpc) is 2.90. The van der Waals surface area contributed by atoms with Gasteiger partial charge in [-0.3, -0.25) is 10.1 Å². The molecule has 5 N–H and O–H groups in total. The first-order valence-electron chi connectivity index (χ1n) is 6.48. The quantitative estimate of drug-likeness (QED) is 0.645. The molecule has 0 saturated heterocycles. The predicted molar refractivity (Wildman–Crippen MR) is 89.4 cm³/mol. The molecule has 3 aromatic rings. The Kier molecular flexibility index (Phi) is 3.56. The molecule has 0 aliphatic rings. The number of aromatic nitrogens is 1. The monoisotopic (exact) mass is 314 g/mol. The lowest BCUT2D eigenvalue weighted by atomic mass is 10.1. The summed E-state index contributed by atoms with van der Waals surface area (Å²) >= 11 is 1.38. The normalized spacial score (nSPS) is 10.6. The zero-order valence-electron chi connectivity index (χ0n) is 11.8. The number of amides is 1. The van der Waals surface area contributed by atoms with E-state index in [1.54, 1.807) is 25.3 Å². The maximum atomic E-state index is 12.2. The van der Waals surface area contributed by atoms with Gasteiger partial charge in [0.05, 0.1) is 28.7 Å². The topological polar surface area (TPSA) is 103 Å². The van der Waals surface area contributed by atoms with Crippen LogP contribution in [0.4, 0.5) is 16.5 Å². The number of nitrogens with zero attached hydrogens (tertiary/aromatic N) is 1. The molecule has 112 valence electrons. The average molecular weight is 314 g/mol. The molecule has 0 unspecified atom stereocenters. The van der Waals surface area contributed by atoms with E-state index < -0.39 is 0 Å². The number of hydrogen-bond acceptors (Lipinski definition) is 6. The summed E-state index contributed by atoms with van der Waals surface area (Å²) < 4.78 is 6.11. The van der Waals surface area contributed by atoms with Crippen LogP contribution in [0.15, 0.2) is 36.4 Å². The molecule has 7 heteroatoms. The molecular formula is C15H14N4O2S. The van der Waals surface area contributed by atoms with Crippen molar-refractivity contribution in [2.24, 2.45) is 0 Å². The summed E-state index contributed by atoms with van der Waals surface area (Å²) in [6.07, 6.45) is 0. The Morgan fingerprint density at radius 3 is 2.73 bits per heavy atom. The third-order valence-electron chi connectivity index (χ3n) is 3.17. The van der Waals surface area contributed by atoms with Gasteiger partial charge in [-0.1, -0.05) is 11.3 Å². The molecule has 6 nitrogen and oxygen atoms in total. The number of anilines is 3. The Morgan fingerprint density at radius 2 is 2.00 bits per heavy atom. The summed E-state index contributed by atoms with van der Waals surface area (Å²) in [5.74, 6) is 0.470. The third kappa shape index (κ3) is 2.66. The summed E-state index contributed by atoms with van der Waals surface area (Å²) in [5, 5.41) is 3.28. The third-order valence-corrected chi connectivity index (χ3v) is 4.10. The fraction of sp³-hybridized carbons (Fsp3) is 0.0667. The standard InChI is InChI=1S/C15H14N4O2S/c1-21-9-3-5-12-13(7-9)22-15(18-12)19-14(20)8-2-4-10(16)11(17)6-8/h2-7H,16-17H2,1H3,(H,18,19,20).